The van der Waals surface area contributed by atoms with Crippen molar-refractivity contribution in [1.29, 1.82) is 0 Å². The summed E-state index contributed by atoms with van der Waals surface area (Å²) < 4.78 is 0. The molecule has 1 aliphatic heterocycles. The number of aryl methyl sites for hydroxylation is 2. The Morgan fingerprint density at radius 1 is 1.19 bits per heavy atom. The number of aromatic nitrogens is 3. The second-order valence-electron chi connectivity index (χ2n) is 7.04. The second kappa shape index (κ2) is 6.84. The van der Waals surface area contributed by atoms with Gasteiger partial charge in [-0.1, -0.05) is 29.3 Å². The number of aromatic amines is 1. The van der Waals surface area contributed by atoms with Crippen LogP contribution in [0.4, 0.5) is 0 Å². The van der Waals surface area contributed by atoms with Crippen LogP contribution < -0.4 is 5.56 Å². The van der Waals surface area contributed by atoms with E-state index in [2.05, 4.69) is 46.9 Å². The highest BCUT2D eigenvalue weighted by Gasteiger charge is 2.21. The number of hydrogen-bond donors (Lipinski definition) is 1. The predicted octanol–water partition coefficient (Wildman–Crippen LogP) is 3.01. The molecule has 2 aromatic heterocycles. The van der Waals surface area contributed by atoms with Crippen molar-refractivity contribution in [1.82, 2.24) is 19.9 Å². The first-order valence-corrected chi connectivity index (χ1v) is 8.90. The Labute approximate surface area is 152 Å². The lowest BCUT2D eigenvalue weighted by Crippen LogP contribution is -2.35. The zero-order valence-electron chi connectivity index (χ0n) is 15.1. The fraction of sp³-hybridized carbons (Fsp3) is 0.286. The molecule has 26 heavy (non-hydrogen) atoms. The van der Waals surface area contributed by atoms with Crippen molar-refractivity contribution in [3.05, 3.63) is 81.0 Å². The number of nitrogens with one attached hydrogen (secondary N) is 1. The molecule has 0 aliphatic carbocycles. The van der Waals surface area contributed by atoms with Crippen molar-refractivity contribution in [3.8, 4) is 11.4 Å². The van der Waals surface area contributed by atoms with E-state index in [0.29, 0.717) is 12.4 Å². The summed E-state index contributed by atoms with van der Waals surface area (Å²) in [4.78, 5) is 26.6. The molecular formula is C21H22N4O. The van der Waals surface area contributed by atoms with Crippen molar-refractivity contribution in [2.45, 2.75) is 33.4 Å². The summed E-state index contributed by atoms with van der Waals surface area (Å²) in [6.45, 7) is 6.70. The van der Waals surface area contributed by atoms with Crippen LogP contribution in [0.3, 0.4) is 0 Å². The van der Waals surface area contributed by atoms with Crippen molar-refractivity contribution in [3.63, 3.8) is 0 Å². The van der Waals surface area contributed by atoms with E-state index in [0.717, 1.165) is 36.3 Å². The summed E-state index contributed by atoms with van der Waals surface area (Å²) >= 11 is 0. The summed E-state index contributed by atoms with van der Waals surface area (Å²) in [6, 6.07) is 10.4. The van der Waals surface area contributed by atoms with Crippen LogP contribution in [-0.2, 0) is 19.5 Å². The zero-order chi connectivity index (χ0) is 18.1. The van der Waals surface area contributed by atoms with Crippen LogP contribution in [0.25, 0.3) is 11.4 Å². The number of pyridine rings is 1. The first kappa shape index (κ1) is 16.7. The number of rotatable bonds is 3. The SMILES string of the molecule is Cc1cc(C)cc(CN2CCc3c(nc(-c4cccnc4)[nH]c3=O)C2)c1. The fourth-order valence-electron chi connectivity index (χ4n) is 3.69. The highest BCUT2D eigenvalue weighted by atomic mass is 16.1. The largest absolute Gasteiger partial charge is 0.306 e. The first-order valence-electron chi connectivity index (χ1n) is 8.90. The maximum Gasteiger partial charge on any atom is 0.254 e. The molecule has 0 bridgehead atoms. The molecule has 0 saturated carbocycles. The van der Waals surface area contributed by atoms with Gasteiger partial charge in [0.1, 0.15) is 5.82 Å². The molecule has 0 unspecified atom stereocenters. The normalized spacial score (nSPS) is 14.2. The number of H-pyrrole nitrogens is 1. The van der Waals surface area contributed by atoms with Crippen LogP contribution in [0.5, 0.6) is 0 Å². The highest BCUT2D eigenvalue weighted by molar-refractivity contribution is 5.53. The third-order valence-corrected chi connectivity index (χ3v) is 4.78. The average Bonchev–Trinajstić information content (AvgIpc) is 2.61. The molecule has 5 heteroatoms. The smallest absolute Gasteiger partial charge is 0.254 e. The summed E-state index contributed by atoms with van der Waals surface area (Å²) in [7, 11) is 0. The molecule has 0 fully saturated rings. The molecule has 0 atom stereocenters. The van der Waals surface area contributed by atoms with Gasteiger partial charge in [-0.15, -0.1) is 0 Å². The van der Waals surface area contributed by atoms with Crippen LogP contribution in [0.15, 0.2) is 47.5 Å². The fourth-order valence-corrected chi connectivity index (χ4v) is 3.69. The van der Waals surface area contributed by atoms with Crippen LogP contribution >= 0.6 is 0 Å². The number of nitrogens with zero attached hydrogens (tertiary/aromatic N) is 3. The topological polar surface area (TPSA) is 61.9 Å². The van der Waals surface area contributed by atoms with Gasteiger partial charge in [0.05, 0.1) is 5.69 Å². The van der Waals surface area contributed by atoms with E-state index in [1.54, 1.807) is 12.4 Å². The van der Waals surface area contributed by atoms with Gasteiger partial charge in [-0.3, -0.25) is 14.7 Å². The molecule has 0 saturated heterocycles. The molecule has 1 N–H and O–H groups in total. The number of hydrogen-bond acceptors (Lipinski definition) is 4. The summed E-state index contributed by atoms with van der Waals surface area (Å²) in [5.41, 5.74) is 6.37. The Hall–Kier alpha value is -2.79. The number of fused-ring (bicyclic) bond motifs is 1. The predicted molar refractivity (Wildman–Crippen MR) is 102 cm³/mol. The van der Waals surface area contributed by atoms with E-state index < -0.39 is 0 Å². The molecule has 0 radical (unpaired) electrons. The van der Waals surface area contributed by atoms with Gasteiger partial charge in [0, 0.05) is 43.2 Å². The summed E-state index contributed by atoms with van der Waals surface area (Å²) in [5.74, 6) is 0.593. The Morgan fingerprint density at radius 2 is 2.00 bits per heavy atom. The van der Waals surface area contributed by atoms with Gasteiger partial charge in [0.25, 0.3) is 5.56 Å². The summed E-state index contributed by atoms with van der Waals surface area (Å²) in [5, 5.41) is 0. The monoisotopic (exact) mass is 346 g/mol. The standard InChI is InChI=1S/C21H22N4O/c1-14-8-15(2)10-16(9-14)12-25-7-5-18-19(13-25)23-20(24-21(18)26)17-4-3-6-22-11-17/h3-4,6,8-11H,5,7,12-13H2,1-2H3,(H,23,24,26). The lowest BCUT2D eigenvalue weighted by atomic mass is 10.0. The van der Waals surface area contributed by atoms with Gasteiger partial charge >= 0.3 is 0 Å². The van der Waals surface area contributed by atoms with Crippen molar-refractivity contribution in [2.75, 3.05) is 6.54 Å². The van der Waals surface area contributed by atoms with E-state index in [9.17, 15) is 4.79 Å². The maximum absolute atomic E-state index is 12.5. The van der Waals surface area contributed by atoms with E-state index in [4.69, 9.17) is 4.98 Å². The molecule has 3 heterocycles. The van der Waals surface area contributed by atoms with Gasteiger partial charge in [-0.25, -0.2) is 4.98 Å². The Morgan fingerprint density at radius 3 is 2.73 bits per heavy atom. The van der Waals surface area contributed by atoms with Gasteiger partial charge in [0.2, 0.25) is 0 Å². The molecule has 5 nitrogen and oxygen atoms in total. The lowest BCUT2D eigenvalue weighted by molar-refractivity contribution is 0.240. The van der Waals surface area contributed by atoms with Gasteiger partial charge in [0.15, 0.2) is 0 Å². The minimum Gasteiger partial charge on any atom is -0.306 e. The second-order valence-corrected chi connectivity index (χ2v) is 7.04. The Kier molecular flexibility index (Phi) is 4.39. The average molecular weight is 346 g/mol. The molecule has 1 aromatic carbocycles. The zero-order valence-corrected chi connectivity index (χ0v) is 15.1. The Bertz CT molecular complexity index is 974. The van der Waals surface area contributed by atoms with E-state index >= 15 is 0 Å². The Balaban J connectivity index is 1.61. The van der Waals surface area contributed by atoms with Gasteiger partial charge in [-0.2, -0.15) is 0 Å². The van der Waals surface area contributed by atoms with Crippen molar-refractivity contribution < 1.29 is 0 Å². The van der Waals surface area contributed by atoms with Gasteiger partial charge in [-0.05, 0) is 38.0 Å². The van der Waals surface area contributed by atoms with Crippen LogP contribution in [0, 0.1) is 13.8 Å². The molecular weight excluding hydrogens is 324 g/mol. The molecule has 0 amide bonds. The third-order valence-electron chi connectivity index (χ3n) is 4.78. The molecule has 3 aromatic rings. The summed E-state index contributed by atoms with van der Waals surface area (Å²) in [6.07, 6.45) is 4.17. The van der Waals surface area contributed by atoms with Crippen LogP contribution in [0.2, 0.25) is 0 Å². The van der Waals surface area contributed by atoms with E-state index in [-0.39, 0.29) is 5.56 Å². The highest BCUT2D eigenvalue weighted by Crippen LogP contribution is 2.20. The van der Waals surface area contributed by atoms with E-state index in [1.165, 1.54) is 16.7 Å². The van der Waals surface area contributed by atoms with Gasteiger partial charge < -0.3 is 4.98 Å². The molecule has 0 spiro atoms. The lowest BCUT2D eigenvalue weighted by Gasteiger charge is -2.28. The number of benzene rings is 1. The molecule has 1 aliphatic rings. The minimum atomic E-state index is -0.0279. The molecule has 4 rings (SSSR count). The van der Waals surface area contributed by atoms with E-state index in [1.807, 2.05) is 12.1 Å². The van der Waals surface area contributed by atoms with Crippen molar-refractivity contribution in [2.24, 2.45) is 0 Å². The third kappa shape index (κ3) is 3.44. The van der Waals surface area contributed by atoms with Crippen LogP contribution in [-0.4, -0.2) is 26.4 Å². The minimum absolute atomic E-state index is 0.0279. The first-order chi connectivity index (χ1) is 12.6. The van der Waals surface area contributed by atoms with Crippen LogP contribution in [0.1, 0.15) is 27.9 Å². The van der Waals surface area contributed by atoms with Crippen molar-refractivity contribution >= 4 is 0 Å². The molecule has 132 valence electrons. The maximum atomic E-state index is 12.5. The quantitative estimate of drug-likeness (QED) is 0.792.